The van der Waals surface area contributed by atoms with Gasteiger partial charge in [-0.25, -0.2) is 23.7 Å². The second-order valence-electron chi connectivity index (χ2n) is 5.68. The van der Waals surface area contributed by atoms with Crippen LogP contribution in [0.2, 0.25) is 0 Å². The molecule has 0 amide bonds. The molecule has 6 nitrogen and oxygen atoms in total. The molecule has 0 aliphatic heterocycles. The highest BCUT2D eigenvalue weighted by Gasteiger charge is 2.28. The first-order chi connectivity index (χ1) is 11.0. The van der Waals surface area contributed by atoms with Gasteiger partial charge in [-0.3, -0.25) is 0 Å². The summed E-state index contributed by atoms with van der Waals surface area (Å²) in [4.78, 5) is 12.3. The van der Waals surface area contributed by atoms with Crippen LogP contribution in [0.25, 0.3) is 22.4 Å². The predicted molar refractivity (Wildman–Crippen MR) is 82.5 cm³/mol. The van der Waals surface area contributed by atoms with E-state index in [0.29, 0.717) is 17.2 Å². The van der Waals surface area contributed by atoms with Crippen LogP contribution in [0.5, 0.6) is 0 Å². The van der Waals surface area contributed by atoms with Gasteiger partial charge in [-0.05, 0) is 31.9 Å². The van der Waals surface area contributed by atoms with Crippen molar-refractivity contribution < 1.29 is 8.78 Å². The van der Waals surface area contributed by atoms with Crippen LogP contribution in [-0.4, -0.2) is 19.5 Å². The Labute approximate surface area is 130 Å². The minimum absolute atomic E-state index is 0.120. The number of anilines is 2. The molecule has 0 radical (unpaired) electrons. The molecule has 4 N–H and O–H groups in total. The van der Waals surface area contributed by atoms with Gasteiger partial charge in [-0.2, -0.15) is 0 Å². The molecule has 1 saturated carbocycles. The van der Waals surface area contributed by atoms with Gasteiger partial charge in [-0.15, -0.1) is 0 Å². The second-order valence-corrected chi connectivity index (χ2v) is 5.68. The van der Waals surface area contributed by atoms with Gasteiger partial charge in [0.15, 0.2) is 28.9 Å². The first kappa shape index (κ1) is 13.9. The van der Waals surface area contributed by atoms with Gasteiger partial charge < -0.3 is 16.0 Å². The van der Waals surface area contributed by atoms with Gasteiger partial charge in [0.05, 0.1) is 11.3 Å². The normalized spacial score (nSPS) is 14.6. The summed E-state index contributed by atoms with van der Waals surface area (Å²) in [5, 5.41) is 0. The topological polar surface area (TPSA) is 95.6 Å². The zero-order valence-corrected chi connectivity index (χ0v) is 12.3. The molecular formula is C15H14F2N6. The van der Waals surface area contributed by atoms with E-state index < -0.39 is 23.3 Å². The number of imidazole rings is 1. The van der Waals surface area contributed by atoms with Crippen molar-refractivity contribution in [2.24, 2.45) is 0 Å². The fourth-order valence-electron chi connectivity index (χ4n) is 2.80. The third kappa shape index (κ3) is 2.01. The predicted octanol–water partition coefficient (Wildman–Crippen LogP) is 2.58. The summed E-state index contributed by atoms with van der Waals surface area (Å²) in [6, 6.07) is 3.55. The molecule has 0 bridgehead atoms. The number of hydrogen-bond acceptors (Lipinski definition) is 5. The number of nitrogen functional groups attached to an aromatic ring is 2. The van der Waals surface area contributed by atoms with Gasteiger partial charge >= 0.3 is 0 Å². The summed E-state index contributed by atoms with van der Waals surface area (Å²) in [6.07, 6.45) is 2.10. The summed E-state index contributed by atoms with van der Waals surface area (Å²) in [6.45, 7) is 1.89. The molecule has 0 spiro atoms. The molecule has 118 valence electrons. The van der Waals surface area contributed by atoms with E-state index in [1.54, 1.807) is 6.07 Å². The van der Waals surface area contributed by atoms with Crippen LogP contribution in [0.1, 0.15) is 24.7 Å². The highest BCUT2D eigenvalue weighted by atomic mass is 19.1. The minimum Gasteiger partial charge on any atom is -0.381 e. The lowest BCUT2D eigenvalue weighted by molar-refractivity contribution is 0.586. The Morgan fingerprint density at radius 1 is 1.04 bits per heavy atom. The van der Waals surface area contributed by atoms with Crippen LogP contribution < -0.4 is 11.5 Å². The largest absolute Gasteiger partial charge is 0.381 e. The van der Waals surface area contributed by atoms with Crippen molar-refractivity contribution in [1.82, 2.24) is 19.5 Å². The SMILES string of the molecule is Cc1nc2ccc(-c3c(F)c(N)nc(N)c3F)nc2n1C1CC1. The van der Waals surface area contributed by atoms with Crippen LogP contribution >= 0.6 is 0 Å². The number of nitrogens with zero attached hydrogens (tertiary/aromatic N) is 4. The number of nitrogens with two attached hydrogens (primary N) is 2. The molecule has 8 heteroatoms. The maximum atomic E-state index is 14.3. The fraction of sp³-hybridized carbons (Fsp3) is 0.267. The summed E-state index contributed by atoms with van der Waals surface area (Å²) in [7, 11) is 0. The smallest absolute Gasteiger partial charge is 0.177 e. The molecule has 1 aliphatic carbocycles. The van der Waals surface area contributed by atoms with Crippen LogP contribution in [0, 0.1) is 18.6 Å². The van der Waals surface area contributed by atoms with E-state index in [1.165, 1.54) is 6.07 Å². The number of aryl methyl sites for hydroxylation is 1. The van der Waals surface area contributed by atoms with Crippen LogP contribution in [0.15, 0.2) is 12.1 Å². The molecule has 1 fully saturated rings. The highest BCUT2D eigenvalue weighted by molar-refractivity contribution is 5.78. The van der Waals surface area contributed by atoms with Crippen molar-refractivity contribution in [3.05, 3.63) is 29.6 Å². The summed E-state index contributed by atoms with van der Waals surface area (Å²) in [5.74, 6) is -1.99. The van der Waals surface area contributed by atoms with Gasteiger partial charge in [0.1, 0.15) is 11.3 Å². The lowest BCUT2D eigenvalue weighted by atomic mass is 10.1. The Hall–Kier alpha value is -2.77. The Balaban J connectivity index is 1.99. The standard InChI is InChI=1S/C15H14F2N6/c1-6-20-9-5-4-8(21-15(9)23(6)7-2-3-7)10-11(16)13(18)22-14(19)12(10)17/h4-5,7H,2-3H2,1H3,(H4,18,19,22). The first-order valence-electron chi connectivity index (χ1n) is 7.23. The number of aromatic nitrogens is 4. The number of hydrogen-bond donors (Lipinski definition) is 2. The van der Waals surface area contributed by atoms with Crippen molar-refractivity contribution in [1.29, 1.82) is 0 Å². The van der Waals surface area contributed by atoms with Crippen LogP contribution in [0.3, 0.4) is 0 Å². The summed E-state index contributed by atoms with van der Waals surface area (Å²) < 4.78 is 30.5. The van der Waals surface area contributed by atoms with E-state index in [2.05, 4.69) is 15.0 Å². The summed E-state index contributed by atoms with van der Waals surface area (Å²) in [5.41, 5.74) is 12.0. The maximum absolute atomic E-state index is 14.3. The Kier molecular flexibility index (Phi) is 2.78. The third-order valence-corrected chi connectivity index (χ3v) is 4.01. The van der Waals surface area contributed by atoms with E-state index >= 15 is 0 Å². The molecule has 23 heavy (non-hydrogen) atoms. The molecule has 0 atom stereocenters. The number of halogens is 2. The molecule has 1 aliphatic rings. The number of pyridine rings is 2. The second kappa shape index (κ2) is 4.61. The third-order valence-electron chi connectivity index (χ3n) is 4.01. The van der Waals surface area contributed by atoms with E-state index in [-0.39, 0.29) is 11.3 Å². The zero-order valence-electron chi connectivity index (χ0n) is 12.3. The average molecular weight is 316 g/mol. The number of fused-ring (bicyclic) bond motifs is 1. The van der Waals surface area contributed by atoms with Gasteiger partial charge in [0.25, 0.3) is 0 Å². The maximum Gasteiger partial charge on any atom is 0.177 e. The van der Waals surface area contributed by atoms with E-state index in [1.807, 2.05) is 11.5 Å². The molecule has 3 heterocycles. The average Bonchev–Trinajstić information content (AvgIpc) is 3.28. The molecule has 3 aromatic heterocycles. The molecule has 0 unspecified atom stereocenters. The monoisotopic (exact) mass is 316 g/mol. The number of rotatable bonds is 2. The lowest BCUT2D eigenvalue weighted by Crippen LogP contribution is -2.07. The van der Waals surface area contributed by atoms with Crippen LogP contribution in [0.4, 0.5) is 20.4 Å². The van der Waals surface area contributed by atoms with E-state index in [9.17, 15) is 8.78 Å². The highest BCUT2D eigenvalue weighted by Crippen LogP contribution is 2.39. The van der Waals surface area contributed by atoms with Gasteiger partial charge in [0, 0.05) is 6.04 Å². The minimum atomic E-state index is -0.960. The van der Waals surface area contributed by atoms with Crippen LogP contribution in [-0.2, 0) is 0 Å². The molecule has 3 aromatic rings. The van der Waals surface area contributed by atoms with Gasteiger partial charge in [-0.1, -0.05) is 0 Å². The Bertz CT molecular complexity index is 919. The van der Waals surface area contributed by atoms with E-state index in [4.69, 9.17) is 11.5 Å². The van der Waals surface area contributed by atoms with Crippen molar-refractivity contribution in [2.75, 3.05) is 11.5 Å². The van der Waals surface area contributed by atoms with Crippen molar-refractivity contribution in [3.8, 4) is 11.3 Å². The molecule has 0 aromatic carbocycles. The molecular weight excluding hydrogens is 302 g/mol. The van der Waals surface area contributed by atoms with Crippen molar-refractivity contribution in [3.63, 3.8) is 0 Å². The van der Waals surface area contributed by atoms with Crippen molar-refractivity contribution in [2.45, 2.75) is 25.8 Å². The Morgan fingerprint density at radius 3 is 2.30 bits per heavy atom. The molecule has 0 saturated heterocycles. The zero-order chi connectivity index (χ0) is 16.3. The quantitative estimate of drug-likeness (QED) is 0.757. The summed E-state index contributed by atoms with van der Waals surface area (Å²) >= 11 is 0. The van der Waals surface area contributed by atoms with Crippen molar-refractivity contribution >= 4 is 22.8 Å². The Morgan fingerprint density at radius 2 is 1.70 bits per heavy atom. The first-order valence-corrected chi connectivity index (χ1v) is 7.23. The fourth-order valence-corrected chi connectivity index (χ4v) is 2.80. The lowest BCUT2D eigenvalue weighted by Gasteiger charge is -2.09. The van der Waals surface area contributed by atoms with E-state index in [0.717, 1.165) is 18.7 Å². The van der Waals surface area contributed by atoms with Gasteiger partial charge in [0.2, 0.25) is 0 Å². The molecule has 4 rings (SSSR count).